The Kier molecular flexibility index (Phi) is 6.94. The van der Waals surface area contributed by atoms with Gasteiger partial charge in [-0.2, -0.15) is 0 Å². The van der Waals surface area contributed by atoms with Crippen molar-refractivity contribution in [2.75, 3.05) is 43.1 Å². The summed E-state index contributed by atoms with van der Waals surface area (Å²) >= 11 is 0. The monoisotopic (exact) mass is 473 g/mol. The average molecular weight is 474 g/mol. The fourth-order valence-electron chi connectivity index (χ4n) is 4.19. The van der Waals surface area contributed by atoms with Crippen LogP contribution in [0.5, 0.6) is 0 Å². The zero-order valence-electron chi connectivity index (χ0n) is 19.4. The fraction of sp³-hybridized carbons (Fsp3) is 0.500. The predicted molar refractivity (Wildman–Crippen MR) is 122 cm³/mol. The summed E-state index contributed by atoms with van der Waals surface area (Å²) in [5, 5.41) is 14.9. The fourth-order valence-corrected chi connectivity index (χ4v) is 4.19. The highest BCUT2D eigenvalue weighted by atomic mass is 19.1. The van der Waals surface area contributed by atoms with Crippen LogP contribution in [0.4, 0.5) is 20.6 Å². The maximum atomic E-state index is 15.0. The number of nitrogens with zero attached hydrogens (tertiary/aromatic N) is 6. The summed E-state index contributed by atoms with van der Waals surface area (Å²) in [4.78, 5) is 31.4. The molecule has 11 nitrogen and oxygen atoms in total. The van der Waals surface area contributed by atoms with Crippen molar-refractivity contribution in [1.29, 1.82) is 0 Å². The Morgan fingerprint density at radius 3 is 2.76 bits per heavy atom. The second-order valence-corrected chi connectivity index (χ2v) is 8.35. The Labute approximate surface area is 196 Å². The summed E-state index contributed by atoms with van der Waals surface area (Å²) in [5.41, 5.74) is 2.23. The highest BCUT2D eigenvalue weighted by Gasteiger charge is 2.33. The summed E-state index contributed by atoms with van der Waals surface area (Å²) in [5.74, 6) is -0.600. The van der Waals surface area contributed by atoms with Gasteiger partial charge in [0.15, 0.2) is 0 Å². The number of benzene rings is 1. The van der Waals surface area contributed by atoms with E-state index in [9.17, 15) is 9.59 Å². The lowest BCUT2D eigenvalue weighted by Gasteiger charge is -2.33. The third-order valence-electron chi connectivity index (χ3n) is 5.98. The number of ether oxygens (including phenoxy) is 1. The van der Waals surface area contributed by atoms with E-state index in [1.807, 2.05) is 15.8 Å². The Balaban J connectivity index is 1.37. The number of amides is 2. The number of hydrogen-bond acceptors (Lipinski definition) is 8. The van der Waals surface area contributed by atoms with Crippen molar-refractivity contribution in [1.82, 2.24) is 20.3 Å². The van der Waals surface area contributed by atoms with E-state index in [-0.39, 0.29) is 25.0 Å². The first-order valence-corrected chi connectivity index (χ1v) is 11.1. The van der Waals surface area contributed by atoms with E-state index in [0.717, 1.165) is 12.8 Å². The molecule has 1 atom stereocenters. The van der Waals surface area contributed by atoms with Crippen LogP contribution >= 0.6 is 0 Å². The summed E-state index contributed by atoms with van der Waals surface area (Å²) in [6, 6.07) is 4.92. The lowest BCUT2D eigenvalue weighted by atomic mass is 10.0. The molecular weight excluding hydrogens is 445 g/mol. The Morgan fingerprint density at radius 1 is 1.32 bits per heavy atom. The van der Waals surface area contributed by atoms with E-state index >= 15 is 4.39 Å². The molecule has 1 N–H and O–H groups in total. The number of hydrogen-bond donors (Lipinski definition) is 1. The molecule has 34 heavy (non-hydrogen) atoms. The number of carbonyl (C=O) groups is 2. The zero-order chi connectivity index (χ0) is 24.2. The van der Waals surface area contributed by atoms with E-state index < -0.39 is 18.0 Å². The first-order chi connectivity index (χ1) is 16.4. The zero-order valence-corrected chi connectivity index (χ0v) is 19.4. The molecule has 2 aliphatic rings. The lowest BCUT2D eigenvalue weighted by molar-refractivity contribution is -0.119. The number of aromatic nitrogens is 3. The van der Waals surface area contributed by atoms with Gasteiger partial charge >= 0.3 is 6.09 Å². The number of halogens is 1. The molecule has 1 aromatic heterocycles. The van der Waals surface area contributed by atoms with Crippen LogP contribution in [-0.2, 0) is 14.4 Å². The molecule has 2 aliphatic heterocycles. The average Bonchev–Trinajstić information content (AvgIpc) is 3.45. The van der Waals surface area contributed by atoms with Crippen molar-refractivity contribution in [3.8, 4) is 0 Å². The molecule has 12 heteroatoms. The Morgan fingerprint density at radius 2 is 2.09 bits per heavy atom. The second kappa shape index (κ2) is 10.1. The van der Waals surface area contributed by atoms with E-state index in [4.69, 9.17) is 9.57 Å². The number of carbonyl (C=O) groups excluding carboxylic acids is 2. The van der Waals surface area contributed by atoms with Crippen molar-refractivity contribution >= 4 is 29.1 Å². The SMILES string of the molecule is CO/N=C(\C)c1cn(C2CCN(c3ccc(N4C[C@H](CNC(C)=O)OC4=O)cc3F)CC2)nn1. The molecule has 0 unspecified atom stereocenters. The van der Waals surface area contributed by atoms with Gasteiger partial charge in [0, 0.05) is 20.0 Å². The normalized spacial score (nSPS) is 19.4. The molecular formula is C22H28FN7O4. The van der Waals surface area contributed by atoms with E-state index in [2.05, 4.69) is 20.8 Å². The number of oxime groups is 1. The summed E-state index contributed by atoms with van der Waals surface area (Å²) in [6.07, 6.45) is 2.39. The van der Waals surface area contributed by atoms with Crippen LogP contribution in [0.1, 0.15) is 38.4 Å². The first kappa shape index (κ1) is 23.5. The van der Waals surface area contributed by atoms with E-state index in [0.29, 0.717) is 35.9 Å². The van der Waals surface area contributed by atoms with E-state index in [1.165, 1.54) is 25.0 Å². The highest BCUT2D eigenvalue weighted by Crippen LogP contribution is 2.31. The molecule has 0 aliphatic carbocycles. The highest BCUT2D eigenvalue weighted by molar-refractivity contribution is 5.96. The number of rotatable bonds is 7. The number of cyclic esters (lactones) is 1. The Bertz CT molecular complexity index is 1080. The summed E-state index contributed by atoms with van der Waals surface area (Å²) in [7, 11) is 1.48. The molecule has 4 rings (SSSR count). The molecule has 0 spiro atoms. The van der Waals surface area contributed by atoms with Crippen molar-refractivity contribution in [2.45, 2.75) is 38.8 Å². The van der Waals surface area contributed by atoms with Crippen molar-refractivity contribution in [2.24, 2.45) is 5.16 Å². The number of nitrogens with one attached hydrogen (secondary N) is 1. The van der Waals surface area contributed by atoms with Gasteiger partial charge in [0.25, 0.3) is 0 Å². The summed E-state index contributed by atoms with van der Waals surface area (Å²) in [6.45, 7) is 4.99. The van der Waals surface area contributed by atoms with Crippen LogP contribution in [0.15, 0.2) is 29.6 Å². The van der Waals surface area contributed by atoms with Gasteiger partial charge in [-0.05, 0) is 38.0 Å². The van der Waals surface area contributed by atoms with Crippen LogP contribution in [0, 0.1) is 5.82 Å². The third kappa shape index (κ3) is 5.10. The van der Waals surface area contributed by atoms with Crippen LogP contribution < -0.4 is 15.1 Å². The third-order valence-corrected chi connectivity index (χ3v) is 5.98. The minimum atomic E-state index is -0.554. The van der Waals surface area contributed by atoms with Crippen molar-refractivity contribution in [3.63, 3.8) is 0 Å². The maximum Gasteiger partial charge on any atom is 0.414 e. The quantitative estimate of drug-likeness (QED) is 0.484. The maximum absolute atomic E-state index is 15.0. The van der Waals surface area contributed by atoms with Crippen LogP contribution in [0.25, 0.3) is 0 Å². The minimum Gasteiger partial charge on any atom is -0.442 e. The molecule has 3 heterocycles. The molecule has 2 saturated heterocycles. The Hall–Kier alpha value is -3.70. The number of anilines is 2. The molecule has 182 valence electrons. The molecule has 2 amide bonds. The number of piperidine rings is 1. The topological polar surface area (TPSA) is 114 Å². The van der Waals surface area contributed by atoms with E-state index in [1.54, 1.807) is 19.1 Å². The molecule has 2 aromatic rings. The first-order valence-electron chi connectivity index (χ1n) is 11.1. The van der Waals surface area contributed by atoms with Crippen LogP contribution in [0.2, 0.25) is 0 Å². The molecule has 0 radical (unpaired) electrons. The van der Waals surface area contributed by atoms with Gasteiger partial charge < -0.3 is 19.8 Å². The van der Waals surface area contributed by atoms with Crippen LogP contribution in [-0.4, -0.2) is 72.1 Å². The molecule has 0 saturated carbocycles. The van der Waals surface area contributed by atoms with Gasteiger partial charge in [-0.3, -0.25) is 9.69 Å². The molecule has 1 aromatic carbocycles. The van der Waals surface area contributed by atoms with Gasteiger partial charge in [-0.15, -0.1) is 5.10 Å². The molecule has 0 bridgehead atoms. The van der Waals surface area contributed by atoms with Gasteiger partial charge in [-0.1, -0.05) is 10.4 Å². The van der Waals surface area contributed by atoms with Gasteiger partial charge in [0.2, 0.25) is 5.91 Å². The molecule has 2 fully saturated rings. The second-order valence-electron chi connectivity index (χ2n) is 8.35. The van der Waals surface area contributed by atoms with Gasteiger partial charge in [-0.25, -0.2) is 13.9 Å². The van der Waals surface area contributed by atoms with Crippen molar-refractivity contribution < 1.29 is 23.6 Å². The smallest absolute Gasteiger partial charge is 0.414 e. The van der Waals surface area contributed by atoms with Crippen LogP contribution in [0.3, 0.4) is 0 Å². The largest absolute Gasteiger partial charge is 0.442 e. The van der Waals surface area contributed by atoms with Crippen molar-refractivity contribution in [3.05, 3.63) is 35.9 Å². The van der Waals surface area contributed by atoms with Gasteiger partial charge in [0.05, 0.1) is 36.7 Å². The summed E-state index contributed by atoms with van der Waals surface area (Å²) < 4.78 is 22.1. The standard InChI is InChI=1S/C22H28FN7O4/c1-14(26-33-3)20-13-30(27-25-20)16-6-8-28(9-7-16)21-5-4-17(10-19(21)23)29-12-18(34-22(29)32)11-24-15(2)31/h4-5,10,13,16,18H,6-9,11-12H2,1-3H3,(H,24,31)/b26-14+/t18-/m0/s1. The predicted octanol–water partition coefficient (Wildman–Crippen LogP) is 2.09. The van der Waals surface area contributed by atoms with Gasteiger partial charge in [0.1, 0.15) is 30.4 Å². The lowest BCUT2D eigenvalue weighted by Crippen LogP contribution is -2.35. The minimum absolute atomic E-state index is 0.162.